The molecule has 0 spiro atoms. The summed E-state index contributed by atoms with van der Waals surface area (Å²) in [5, 5.41) is 4.16. The normalized spacial score (nSPS) is 10.3. The molecular formula is C20H24ClNO2. The molecule has 4 heteroatoms. The van der Waals surface area contributed by atoms with Crippen LogP contribution >= 0.6 is 11.6 Å². The zero-order valence-electron chi connectivity index (χ0n) is 14.5. The average Bonchev–Trinajstić information content (AvgIpc) is 2.58. The van der Waals surface area contributed by atoms with E-state index in [1.54, 1.807) is 7.11 Å². The number of methoxy groups -OCH3 is 1. The summed E-state index contributed by atoms with van der Waals surface area (Å²) < 4.78 is 11.3. The molecule has 0 fully saturated rings. The molecule has 0 bridgehead atoms. The van der Waals surface area contributed by atoms with Crippen molar-refractivity contribution in [2.45, 2.75) is 26.8 Å². The van der Waals surface area contributed by atoms with Crippen LogP contribution in [0.25, 0.3) is 0 Å². The number of hydrogen-bond acceptors (Lipinski definition) is 3. The van der Waals surface area contributed by atoms with E-state index in [2.05, 4.69) is 18.0 Å². The highest BCUT2D eigenvalue weighted by Crippen LogP contribution is 2.34. The summed E-state index contributed by atoms with van der Waals surface area (Å²) >= 11 is 6.18. The Morgan fingerprint density at radius 1 is 1.25 bits per heavy atom. The number of hydrogen-bond donors (Lipinski definition) is 1. The minimum absolute atomic E-state index is 0.597. The van der Waals surface area contributed by atoms with Gasteiger partial charge in [-0.2, -0.15) is 0 Å². The van der Waals surface area contributed by atoms with Crippen molar-refractivity contribution in [2.75, 3.05) is 19.0 Å². The Morgan fingerprint density at radius 2 is 2.04 bits per heavy atom. The van der Waals surface area contributed by atoms with E-state index in [1.165, 1.54) is 0 Å². The molecular weight excluding hydrogens is 322 g/mol. The lowest BCUT2D eigenvalue weighted by Crippen LogP contribution is -2.04. The van der Waals surface area contributed by atoms with E-state index in [-0.39, 0.29) is 0 Å². The molecule has 0 unspecified atom stereocenters. The Labute approximate surface area is 149 Å². The molecule has 128 valence electrons. The van der Waals surface area contributed by atoms with Crippen LogP contribution in [0.4, 0.5) is 5.69 Å². The van der Waals surface area contributed by atoms with Gasteiger partial charge in [-0.3, -0.25) is 0 Å². The average molecular weight is 346 g/mol. The van der Waals surface area contributed by atoms with Crippen molar-refractivity contribution in [3.8, 4) is 11.5 Å². The number of nitrogens with one attached hydrogen (secondary N) is 1. The van der Waals surface area contributed by atoms with E-state index in [9.17, 15) is 0 Å². The Balaban J connectivity index is 2.24. The minimum Gasteiger partial charge on any atom is -0.493 e. The van der Waals surface area contributed by atoms with E-state index >= 15 is 0 Å². The molecule has 0 heterocycles. The molecule has 2 rings (SSSR count). The maximum atomic E-state index is 6.18. The van der Waals surface area contributed by atoms with Gasteiger partial charge in [0.1, 0.15) is 0 Å². The summed E-state index contributed by atoms with van der Waals surface area (Å²) in [6, 6.07) is 10.1. The Hall–Kier alpha value is -2.13. The molecule has 24 heavy (non-hydrogen) atoms. The zero-order valence-corrected chi connectivity index (χ0v) is 15.2. The summed E-state index contributed by atoms with van der Waals surface area (Å²) in [5.74, 6) is 1.54. The Bertz CT molecular complexity index is 713. The first-order chi connectivity index (χ1) is 11.6. The summed E-state index contributed by atoms with van der Waals surface area (Å²) in [6.45, 7) is 9.05. The van der Waals surface area contributed by atoms with Crippen molar-refractivity contribution >= 4 is 17.3 Å². The number of ether oxygens (including phenoxy) is 2. The molecule has 0 radical (unpaired) electrons. The molecule has 0 aliphatic carbocycles. The van der Waals surface area contributed by atoms with Crippen LogP contribution < -0.4 is 14.8 Å². The lowest BCUT2D eigenvalue weighted by Gasteiger charge is -2.16. The summed E-state index contributed by atoms with van der Waals surface area (Å²) in [6.07, 6.45) is 2.60. The fourth-order valence-electron chi connectivity index (χ4n) is 2.50. The molecule has 2 aromatic carbocycles. The predicted octanol–water partition coefficient (Wildman–Crippen LogP) is 5.40. The highest BCUT2D eigenvalue weighted by molar-refractivity contribution is 6.31. The third kappa shape index (κ3) is 4.45. The number of aryl methyl sites for hydroxylation is 1. The molecule has 0 aliphatic rings. The van der Waals surface area contributed by atoms with Crippen molar-refractivity contribution in [1.29, 1.82) is 0 Å². The number of allylic oxidation sites excluding steroid dienone is 1. The largest absolute Gasteiger partial charge is 0.493 e. The maximum Gasteiger partial charge on any atom is 0.164 e. The maximum absolute atomic E-state index is 6.18. The first kappa shape index (κ1) is 18.2. The SMILES string of the molecule is C=CCc1cc(CNc2ccc(C)c(Cl)c2)cc(OC)c1OCC. The van der Waals surface area contributed by atoms with Crippen LogP contribution in [0.15, 0.2) is 43.0 Å². The van der Waals surface area contributed by atoms with Gasteiger partial charge < -0.3 is 14.8 Å². The first-order valence-corrected chi connectivity index (χ1v) is 8.40. The van der Waals surface area contributed by atoms with Crippen molar-refractivity contribution in [3.05, 3.63) is 64.7 Å². The van der Waals surface area contributed by atoms with Crippen LogP contribution in [-0.2, 0) is 13.0 Å². The van der Waals surface area contributed by atoms with Gasteiger partial charge in [0, 0.05) is 22.8 Å². The Morgan fingerprint density at radius 3 is 2.67 bits per heavy atom. The van der Waals surface area contributed by atoms with Gasteiger partial charge in [0.05, 0.1) is 13.7 Å². The van der Waals surface area contributed by atoms with Crippen molar-refractivity contribution in [3.63, 3.8) is 0 Å². The van der Waals surface area contributed by atoms with E-state index in [4.69, 9.17) is 21.1 Å². The van der Waals surface area contributed by atoms with Gasteiger partial charge in [-0.05, 0) is 55.7 Å². The second-order valence-electron chi connectivity index (χ2n) is 5.53. The van der Waals surface area contributed by atoms with Gasteiger partial charge in [-0.25, -0.2) is 0 Å². The van der Waals surface area contributed by atoms with Crippen LogP contribution in [0, 0.1) is 6.92 Å². The summed E-state index contributed by atoms with van der Waals surface area (Å²) in [5.41, 5.74) is 4.25. The molecule has 0 saturated heterocycles. The van der Waals surface area contributed by atoms with Gasteiger partial charge >= 0.3 is 0 Å². The van der Waals surface area contributed by atoms with E-state index in [0.717, 1.165) is 45.3 Å². The quantitative estimate of drug-likeness (QED) is 0.650. The fraction of sp³-hybridized carbons (Fsp3) is 0.300. The molecule has 0 saturated carbocycles. The third-order valence-electron chi connectivity index (χ3n) is 3.73. The minimum atomic E-state index is 0.597. The lowest BCUT2D eigenvalue weighted by atomic mass is 10.1. The number of anilines is 1. The van der Waals surface area contributed by atoms with E-state index in [1.807, 2.05) is 44.2 Å². The van der Waals surface area contributed by atoms with Crippen LogP contribution in [0.1, 0.15) is 23.6 Å². The monoisotopic (exact) mass is 345 g/mol. The van der Waals surface area contributed by atoms with Crippen LogP contribution in [0.2, 0.25) is 5.02 Å². The fourth-order valence-corrected chi connectivity index (χ4v) is 2.68. The van der Waals surface area contributed by atoms with Gasteiger partial charge in [-0.15, -0.1) is 6.58 Å². The molecule has 0 aromatic heterocycles. The summed E-state index contributed by atoms with van der Waals surface area (Å²) in [4.78, 5) is 0. The highest BCUT2D eigenvalue weighted by atomic mass is 35.5. The molecule has 1 N–H and O–H groups in total. The second-order valence-corrected chi connectivity index (χ2v) is 5.94. The van der Waals surface area contributed by atoms with Gasteiger partial charge in [-0.1, -0.05) is 23.7 Å². The summed E-state index contributed by atoms with van der Waals surface area (Å²) in [7, 11) is 1.66. The topological polar surface area (TPSA) is 30.5 Å². The number of benzene rings is 2. The van der Waals surface area contributed by atoms with Gasteiger partial charge in [0.25, 0.3) is 0 Å². The predicted molar refractivity (Wildman–Crippen MR) is 102 cm³/mol. The highest BCUT2D eigenvalue weighted by Gasteiger charge is 2.12. The lowest BCUT2D eigenvalue weighted by molar-refractivity contribution is 0.308. The van der Waals surface area contributed by atoms with Gasteiger partial charge in [0.2, 0.25) is 0 Å². The molecule has 3 nitrogen and oxygen atoms in total. The van der Waals surface area contributed by atoms with Crippen molar-refractivity contribution < 1.29 is 9.47 Å². The van der Waals surface area contributed by atoms with Crippen molar-refractivity contribution in [2.24, 2.45) is 0 Å². The van der Waals surface area contributed by atoms with Crippen LogP contribution in [0.5, 0.6) is 11.5 Å². The molecule has 2 aromatic rings. The number of halogens is 1. The molecule has 0 aliphatic heterocycles. The van der Waals surface area contributed by atoms with Crippen LogP contribution in [-0.4, -0.2) is 13.7 Å². The van der Waals surface area contributed by atoms with Crippen molar-refractivity contribution in [1.82, 2.24) is 0 Å². The van der Waals surface area contributed by atoms with E-state index < -0.39 is 0 Å². The van der Waals surface area contributed by atoms with Gasteiger partial charge in [0.15, 0.2) is 11.5 Å². The first-order valence-electron chi connectivity index (χ1n) is 8.02. The second kappa shape index (κ2) is 8.65. The standard InChI is InChI=1S/C20H24ClNO2/c1-5-7-16-10-15(11-19(23-4)20(16)24-6-2)13-22-17-9-8-14(3)18(21)12-17/h5,8-12,22H,1,6-7,13H2,2-4H3. The zero-order chi connectivity index (χ0) is 17.5. The molecule has 0 atom stereocenters. The van der Waals surface area contributed by atoms with Crippen LogP contribution in [0.3, 0.4) is 0 Å². The smallest absolute Gasteiger partial charge is 0.164 e. The third-order valence-corrected chi connectivity index (χ3v) is 4.14. The number of rotatable bonds is 8. The van der Waals surface area contributed by atoms with E-state index in [0.29, 0.717) is 13.2 Å². The Kier molecular flexibility index (Phi) is 6.56. The molecule has 0 amide bonds.